The number of hydrogen-bond donors (Lipinski definition) is 1. The van der Waals surface area contributed by atoms with Crippen LogP contribution in [0.15, 0.2) is 54.9 Å². The molecular formula is C19H17FN4O. The standard InChI is InChI=1S/C19H17FN4O/c20-14-4-1-2-7-17(14)24-11-8-13(12-24)19(25)23-16-6-3-5-15-18(16)22-10-9-21-15/h1-7,9-10,13H,8,11-12H2,(H,23,25). The highest BCUT2D eigenvalue weighted by atomic mass is 19.1. The molecule has 0 bridgehead atoms. The molecule has 3 aromatic rings. The number of rotatable bonds is 3. The number of fused-ring (bicyclic) bond motifs is 1. The van der Waals surface area contributed by atoms with Crippen LogP contribution in [0.1, 0.15) is 6.42 Å². The van der Waals surface area contributed by atoms with Crippen LogP contribution in [0.4, 0.5) is 15.8 Å². The van der Waals surface area contributed by atoms with Crippen molar-refractivity contribution in [3.63, 3.8) is 0 Å². The van der Waals surface area contributed by atoms with Crippen molar-refractivity contribution in [1.82, 2.24) is 9.97 Å². The lowest BCUT2D eigenvalue weighted by Crippen LogP contribution is -2.27. The summed E-state index contributed by atoms with van der Waals surface area (Å²) < 4.78 is 13.9. The molecule has 0 aliphatic carbocycles. The molecule has 1 saturated heterocycles. The average molecular weight is 336 g/mol. The van der Waals surface area contributed by atoms with Gasteiger partial charge in [0.05, 0.1) is 22.8 Å². The summed E-state index contributed by atoms with van der Waals surface area (Å²) in [7, 11) is 0. The second-order valence-electron chi connectivity index (χ2n) is 6.10. The molecule has 1 aromatic heterocycles. The lowest BCUT2D eigenvalue weighted by molar-refractivity contribution is -0.119. The van der Waals surface area contributed by atoms with E-state index in [2.05, 4.69) is 15.3 Å². The van der Waals surface area contributed by atoms with E-state index in [-0.39, 0.29) is 17.6 Å². The van der Waals surface area contributed by atoms with Crippen molar-refractivity contribution >= 4 is 28.3 Å². The van der Waals surface area contributed by atoms with Gasteiger partial charge in [0.1, 0.15) is 11.3 Å². The Morgan fingerprint density at radius 3 is 2.84 bits per heavy atom. The number of nitrogens with one attached hydrogen (secondary N) is 1. The van der Waals surface area contributed by atoms with Crippen LogP contribution in [0.5, 0.6) is 0 Å². The Hall–Kier alpha value is -3.02. The molecule has 1 aliphatic rings. The van der Waals surface area contributed by atoms with Crippen LogP contribution in [0, 0.1) is 11.7 Å². The molecule has 1 atom stereocenters. The van der Waals surface area contributed by atoms with Crippen LogP contribution >= 0.6 is 0 Å². The first-order valence-corrected chi connectivity index (χ1v) is 8.22. The zero-order chi connectivity index (χ0) is 17.2. The largest absolute Gasteiger partial charge is 0.368 e. The number of aromatic nitrogens is 2. The fourth-order valence-corrected chi connectivity index (χ4v) is 3.23. The highest BCUT2D eigenvalue weighted by Crippen LogP contribution is 2.27. The normalized spacial score (nSPS) is 17.0. The second-order valence-corrected chi connectivity index (χ2v) is 6.10. The minimum absolute atomic E-state index is 0.0722. The lowest BCUT2D eigenvalue weighted by atomic mass is 10.1. The van der Waals surface area contributed by atoms with Crippen LogP contribution in [-0.2, 0) is 4.79 Å². The zero-order valence-electron chi connectivity index (χ0n) is 13.5. The monoisotopic (exact) mass is 336 g/mol. The van der Waals surface area contributed by atoms with E-state index < -0.39 is 0 Å². The minimum atomic E-state index is -0.257. The summed E-state index contributed by atoms with van der Waals surface area (Å²) in [5.74, 6) is -0.517. The predicted octanol–water partition coefficient (Wildman–Crippen LogP) is 3.23. The van der Waals surface area contributed by atoms with Gasteiger partial charge >= 0.3 is 0 Å². The number of carbonyl (C=O) groups is 1. The Kier molecular flexibility index (Phi) is 4.01. The van der Waals surface area contributed by atoms with Crippen LogP contribution in [0.2, 0.25) is 0 Å². The Labute approximate surface area is 144 Å². The number of anilines is 2. The molecule has 0 saturated carbocycles. The van der Waals surface area contributed by atoms with Gasteiger partial charge in [0.2, 0.25) is 5.91 Å². The van der Waals surface area contributed by atoms with Gasteiger partial charge in [-0.25, -0.2) is 4.39 Å². The number of benzene rings is 2. The summed E-state index contributed by atoms with van der Waals surface area (Å²) in [5, 5.41) is 2.95. The quantitative estimate of drug-likeness (QED) is 0.798. The zero-order valence-corrected chi connectivity index (χ0v) is 13.5. The molecule has 0 radical (unpaired) electrons. The maximum absolute atomic E-state index is 13.9. The molecule has 2 heterocycles. The van der Waals surface area contributed by atoms with Crippen molar-refractivity contribution in [2.24, 2.45) is 5.92 Å². The van der Waals surface area contributed by atoms with Gasteiger partial charge in [0.25, 0.3) is 0 Å². The van der Waals surface area contributed by atoms with Crippen molar-refractivity contribution in [3.05, 3.63) is 60.7 Å². The third-order valence-corrected chi connectivity index (χ3v) is 4.51. The number of hydrogen-bond acceptors (Lipinski definition) is 4. The van der Waals surface area contributed by atoms with E-state index in [9.17, 15) is 9.18 Å². The van der Waals surface area contributed by atoms with Crippen molar-refractivity contribution in [3.8, 4) is 0 Å². The molecule has 126 valence electrons. The number of carbonyl (C=O) groups excluding carboxylic acids is 1. The van der Waals surface area contributed by atoms with Crippen LogP contribution in [0.3, 0.4) is 0 Å². The molecular weight excluding hydrogens is 319 g/mol. The smallest absolute Gasteiger partial charge is 0.229 e. The first kappa shape index (κ1) is 15.5. The second kappa shape index (κ2) is 6.47. The van der Waals surface area contributed by atoms with Crippen LogP contribution in [-0.4, -0.2) is 29.0 Å². The van der Waals surface area contributed by atoms with E-state index in [0.29, 0.717) is 36.4 Å². The van der Waals surface area contributed by atoms with Crippen molar-refractivity contribution in [1.29, 1.82) is 0 Å². The van der Waals surface area contributed by atoms with Gasteiger partial charge in [-0.1, -0.05) is 18.2 Å². The topological polar surface area (TPSA) is 58.1 Å². The van der Waals surface area contributed by atoms with Gasteiger partial charge in [-0.2, -0.15) is 0 Å². The maximum atomic E-state index is 13.9. The van der Waals surface area contributed by atoms with Gasteiger partial charge in [-0.3, -0.25) is 14.8 Å². The molecule has 1 unspecified atom stereocenters. The third-order valence-electron chi connectivity index (χ3n) is 4.51. The fourth-order valence-electron chi connectivity index (χ4n) is 3.23. The highest BCUT2D eigenvalue weighted by molar-refractivity contribution is 6.00. The minimum Gasteiger partial charge on any atom is -0.368 e. The lowest BCUT2D eigenvalue weighted by Gasteiger charge is -2.19. The Bertz CT molecular complexity index is 925. The fraction of sp³-hybridized carbons (Fsp3) is 0.211. The molecule has 1 amide bonds. The molecule has 1 aliphatic heterocycles. The summed E-state index contributed by atoms with van der Waals surface area (Å²) in [5.41, 5.74) is 2.61. The van der Waals surface area contributed by atoms with E-state index in [1.54, 1.807) is 30.6 Å². The third kappa shape index (κ3) is 3.03. The Morgan fingerprint density at radius 1 is 1.12 bits per heavy atom. The number of nitrogens with zero attached hydrogens (tertiary/aromatic N) is 3. The molecule has 1 fully saturated rings. The van der Waals surface area contributed by atoms with Crippen LogP contribution in [0.25, 0.3) is 11.0 Å². The van der Waals surface area contributed by atoms with E-state index in [1.807, 2.05) is 23.1 Å². The van der Waals surface area contributed by atoms with Crippen LogP contribution < -0.4 is 10.2 Å². The average Bonchev–Trinajstić information content (AvgIpc) is 3.12. The van der Waals surface area contributed by atoms with E-state index in [4.69, 9.17) is 0 Å². The molecule has 0 spiro atoms. The highest BCUT2D eigenvalue weighted by Gasteiger charge is 2.29. The SMILES string of the molecule is O=C(Nc1cccc2nccnc12)C1CCN(c2ccccc2F)C1. The predicted molar refractivity (Wildman–Crippen MR) is 94.9 cm³/mol. The summed E-state index contributed by atoms with van der Waals surface area (Å²) >= 11 is 0. The van der Waals surface area contributed by atoms with Gasteiger partial charge in [0, 0.05) is 25.5 Å². The Balaban J connectivity index is 1.50. The number of amides is 1. The van der Waals surface area contributed by atoms with E-state index in [0.717, 1.165) is 5.52 Å². The summed E-state index contributed by atoms with van der Waals surface area (Å²) in [6.45, 7) is 1.16. The first-order valence-electron chi connectivity index (χ1n) is 8.22. The molecule has 1 N–H and O–H groups in total. The van der Waals surface area contributed by atoms with Gasteiger partial charge in [-0.15, -0.1) is 0 Å². The Morgan fingerprint density at radius 2 is 1.96 bits per heavy atom. The molecule has 6 heteroatoms. The first-order chi connectivity index (χ1) is 12.2. The van der Waals surface area contributed by atoms with Gasteiger partial charge in [-0.05, 0) is 30.7 Å². The van der Waals surface area contributed by atoms with Crippen molar-refractivity contribution in [2.75, 3.05) is 23.3 Å². The summed E-state index contributed by atoms with van der Waals surface area (Å²) in [6, 6.07) is 12.2. The van der Waals surface area contributed by atoms with E-state index >= 15 is 0 Å². The maximum Gasteiger partial charge on any atom is 0.229 e. The number of halogens is 1. The van der Waals surface area contributed by atoms with Gasteiger partial charge < -0.3 is 10.2 Å². The molecule has 25 heavy (non-hydrogen) atoms. The van der Waals surface area contributed by atoms with Gasteiger partial charge in [0.15, 0.2) is 0 Å². The number of para-hydroxylation sites is 2. The molecule has 4 rings (SSSR count). The van der Waals surface area contributed by atoms with Crippen molar-refractivity contribution < 1.29 is 9.18 Å². The van der Waals surface area contributed by atoms with E-state index in [1.165, 1.54) is 6.07 Å². The molecule has 2 aromatic carbocycles. The summed E-state index contributed by atoms with van der Waals surface area (Å²) in [6.07, 6.45) is 3.92. The molecule has 5 nitrogen and oxygen atoms in total. The summed E-state index contributed by atoms with van der Waals surface area (Å²) in [4.78, 5) is 23.1. The van der Waals surface area contributed by atoms with Crippen molar-refractivity contribution in [2.45, 2.75) is 6.42 Å².